The van der Waals surface area contributed by atoms with Crippen LogP contribution in [0.1, 0.15) is 41.0 Å². The van der Waals surface area contributed by atoms with E-state index in [1.54, 1.807) is 0 Å². The van der Waals surface area contributed by atoms with Gasteiger partial charge in [-0.2, -0.15) is 0 Å². The number of nitrogens with one attached hydrogen (secondary N) is 1. The molecule has 1 aliphatic carbocycles. The Morgan fingerprint density at radius 2 is 2.00 bits per heavy atom. The van der Waals surface area contributed by atoms with Crippen LogP contribution in [0.25, 0.3) is 0 Å². The van der Waals surface area contributed by atoms with Crippen LogP contribution in [-0.4, -0.2) is 24.3 Å². The van der Waals surface area contributed by atoms with Crippen molar-refractivity contribution in [3.63, 3.8) is 0 Å². The van der Waals surface area contributed by atoms with E-state index in [9.17, 15) is 0 Å². The molecule has 0 spiro atoms. The van der Waals surface area contributed by atoms with Crippen molar-refractivity contribution >= 4 is 0 Å². The lowest BCUT2D eigenvalue weighted by atomic mass is 10.2. The van der Waals surface area contributed by atoms with Crippen molar-refractivity contribution in [3.05, 3.63) is 0 Å². The van der Waals surface area contributed by atoms with Gasteiger partial charge in [-0.1, -0.05) is 13.8 Å². The summed E-state index contributed by atoms with van der Waals surface area (Å²) in [7, 11) is 0. The van der Waals surface area contributed by atoms with E-state index in [4.69, 9.17) is 4.74 Å². The Balaban J connectivity index is 2.08. The third-order valence-electron chi connectivity index (χ3n) is 2.20. The van der Waals surface area contributed by atoms with Gasteiger partial charge in [0.2, 0.25) is 0 Å². The van der Waals surface area contributed by atoms with E-state index in [1.165, 1.54) is 6.42 Å². The van der Waals surface area contributed by atoms with E-state index in [0.717, 1.165) is 12.5 Å². The van der Waals surface area contributed by atoms with Gasteiger partial charge >= 0.3 is 0 Å². The Hall–Kier alpha value is -0.0800. The highest BCUT2D eigenvalue weighted by molar-refractivity contribution is 4.94. The van der Waals surface area contributed by atoms with Crippen LogP contribution in [0.5, 0.6) is 0 Å². The summed E-state index contributed by atoms with van der Waals surface area (Å²) >= 11 is 0. The molecule has 2 atom stereocenters. The minimum Gasteiger partial charge on any atom is -0.376 e. The van der Waals surface area contributed by atoms with Gasteiger partial charge in [-0.25, -0.2) is 0 Å². The lowest BCUT2D eigenvalue weighted by Crippen LogP contribution is -2.28. The van der Waals surface area contributed by atoms with Gasteiger partial charge in [0.05, 0.1) is 12.2 Å². The second kappa shape index (κ2) is 3.97. The van der Waals surface area contributed by atoms with Gasteiger partial charge in [-0.3, -0.25) is 0 Å². The molecule has 0 aromatic carbocycles. The van der Waals surface area contributed by atoms with Crippen LogP contribution in [0, 0.1) is 5.92 Å². The maximum Gasteiger partial charge on any atom is 0.0598 e. The highest BCUT2D eigenvalue weighted by Crippen LogP contribution is 2.32. The quantitative estimate of drug-likeness (QED) is 0.725. The molecule has 1 saturated carbocycles. The van der Waals surface area contributed by atoms with Crippen molar-refractivity contribution in [2.45, 2.75) is 58.7 Å². The third-order valence-corrected chi connectivity index (χ3v) is 2.20. The van der Waals surface area contributed by atoms with E-state index < -0.39 is 0 Å². The predicted octanol–water partition coefficient (Wildman–Crippen LogP) is 2.19. The first-order chi connectivity index (χ1) is 5.88. The molecule has 13 heavy (non-hydrogen) atoms. The molecule has 0 aromatic rings. The van der Waals surface area contributed by atoms with E-state index in [-0.39, 0.29) is 5.60 Å². The Kier molecular flexibility index (Phi) is 3.36. The molecular weight excluding hydrogens is 162 g/mol. The van der Waals surface area contributed by atoms with E-state index >= 15 is 0 Å². The van der Waals surface area contributed by atoms with Crippen molar-refractivity contribution in [2.75, 3.05) is 6.61 Å². The summed E-state index contributed by atoms with van der Waals surface area (Å²) in [5, 5.41) is 3.52. The number of hydrogen-bond acceptors (Lipinski definition) is 2. The summed E-state index contributed by atoms with van der Waals surface area (Å²) in [5.41, 5.74) is 0.0188. The average molecular weight is 185 g/mol. The number of hydrogen-bond donors (Lipinski definition) is 1. The van der Waals surface area contributed by atoms with Crippen molar-refractivity contribution in [3.8, 4) is 0 Å². The molecule has 1 rings (SSSR count). The summed E-state index contributed by atoms with van der Waals surface area (Å²) in [6.07, 6.45) is 1.29. The smallest absolute Gasteiger partial charge is 0.0598 e. The first-order valence-electron chi connectivity index (χ1n) is 5.28. The summed E-state index contributed by atoms with van der Waals surface area (Å²) in [5.74, 6) is 0.752. The lowest BCUT2D eigenvalue weighted by molar-refractivity contribution is -0.00989. The van der Waals surface area contributed by atoms with Crippen molar-refractivity contribution in [1.82, 2.24) is 5.32 Å². The fourth-order valence-corrected chi connectivity index (χ4v) is 1.42. The zero-order valence-corrected chi connectivity index (χ0v) is 9.55. The largest absolute Gasteiger partial charge is 0.376 e. The molecule has 1 N–H and O–H groups in total. The third kappa shape index (κ3) is 4.63. The molecule has 1 fully saturated rings. The molecule has 2 heteroatoms. The number of rotatable bonds is 4. The van der Waals surface area contributed by atoms with Crippen LogP contribution in [0.3, 0.4) is 0 Å². The van der Waals surface area contributed by atoms with Gasteiger partial charge in [0.1, 0.15) is 0 Å². The Labute approximate surface area is 82.0 Å². The van der Waals surface area contributed by atoms with Crippen LogP contribution in [-0.2, 0) is 4.74 Å². The van der Waals surface area contributed by atoms with Gasteiger partial charge < -0.3 is 10.1 Å². The fraction of sp³-hybridized carbons (Fsp3) is 1.00. The summed E-state index contributed by atoms with van der Waals surface area (Å²) in [6.45, 7) is 11.6. The standard InChI is InChI=1S/C11H23NO/c1-8(2)12-10-6-9(10)7-13-11(3,4)5/h8-10,12H,6-7H2,1-5H3. The second-order valence-electron chi connectivity index (χ2n) is 5.35. The molecule has 0 aliphatic heterocycles. The molecule has 2 unspecified atom stereocenters. The SMILES string of the molecule is CC(C)NC1CC1COC(C)(C)C. The van der Waals surface area contributed by atoms with Crippen molar-refractivity contribution < 1.29 is 4.74 Å². The maximum absolute atomic E-state index is 5.73. The molecule has 0 amide bonds. The fourth-order valence-electron chi connectivity index (χ4n) is 1.42. The molecule has 0 saturated heterocycles. The predicted molar refractivity (Wildman–Crippen MR) is 55.9 cm³/mol. The highest BCUT2D eigenvalue weighted by atomic mass is 16.5. The normalized spacial score (nSPS) is 28.2. The summed E-state index contributed by atoms with van der Waals surface area (Å²) in [4.78, 5) is 0. The van der Waals surface area contributed by atoms with Gasteiger partial charge in [-0.15, -0.1) is 0 Å². The van der Waals surface area contributed by atoms with Crippen LogP contribution in [0.15, 0.2) is 0 Å². The Bertz CT molecular complexity index is 160. The van der Waals surface area contributed by atoms with E-state index in [1.807, 2.05) is 0 Å². The number of ether oxygens (including phenoxy) is 1. The van der Waals surface area contributed by atoms with Crippen LogP contribution < -0.4 is 5.32 Å². The summed E-state index contributed by atoms with van der Waals surface area (Å²) in [6, 6.07) is 1.31. The van der Waals surface area contributed by atoms with E-state index in [2.05, 4.69) is 39.9 Å². The molecule has 1 aliphatic rings. The van der Waals surface area contributed by atoms with Crippen molar-refractivity contribution in [1.29, 1.82) is 0 Å². The zero-order chi connectivity index (χ0) is 10.1. The Morgan fingerprint density at radius 3 is 2.46 bits per heavy atom. The molecule has 2 nitrogen and oxygen atoms in total. The monoisotopic (exact) mass is 185 g/mol. The Morgan fingerprint density at radius 1 is 1.38 bits per heavy atom. The molecule has 78 valence electrons. The second-order valence-corrected chi connectivity index (χ2v) is 5.35. The first kappa shape index (κ1) is 11.0. The molecule has 0 aromatic heterocycles. The van der Waals surface area contributed by atoms with Gasteiger partial charge in [0, 0.05) is 12.1 Å². The van der Waals surface area contributed by atoms with Crippen LogP contribution in [0.2, 0.25) is 0 Å². The molecule has 0 radical (unpaired) electrons. The maximum atomic E-state index is 5.73. The van der Waals surface area contributed by atoms with Crippen molar-refractivity contribution in [2.24, 2.45) is 5.92 Å². The van der Waals surface area contributed by atoms with Gasteiger partial charge in [0.15, 0.2) is 0 Å². The molecule has 0 bridgehead atoms. The minimum absolute atomic E-state index is 0.0188. The van der Waals surface area contributed by atoms with Crippen LogP contribution >= 0.6 is 0 Å². The van der Waals surface area contributed by atoms with Gasteiger partial charge in [0.25, 0.3) is 0 Å². The lowest BCUT2D eigenvalue weighted by Gasteiger charge is -2.19. The first-order valence-corrected chi connectivity index (χ1v) is 5.28. The minimum atomic E-state index is 0.0188. The van der Waals surface area contributed by atoms with E-state index in [0.29, 0.717) is 12.1 Å². The topological polar surface area (TPSA) is 21.3 Å². The summed E-state index contributed by atoms with van der Waals surface area (Å²) < 4.78 is 5.73. The van der Waals surface area contributed by atoms with Gasteiger partial charge in [-0.05, 0) is 33.1 Å². The highest BCUT2D eigenvalue weighted by Gasteiger charge is 2.37. The molecule has 0 heterocycles. The average Bonchev–Trinajstić information content (AvgIpc) is 2.60. The van der Waals surface area contributed by atoms with Crippen LogP contribution in [0.4, 0.5) is 0 Å². The molecular formula is C11H23NO. The zero-order valence-electron chi connectivity index (χ0n) is 9.55.